The Hall–Kier alpha value is -1.10. The van der Waals surface area contributed by atoms with Crippen molar-refractivity contribution in [3.8, 4) is 0 Å². The highest BCUT2D eigenvalue weighted by Gasteiger charge is 2.40. The summed E-state index contributed by atoms with van der Waals surface area (Å²) in [6, 6.07) is -0.251. The summed E-state index contributed by atoms with van der Waals surface area (Å²) in [6.07, 6.45) is 1.17. The van der Waals surface area contributed by atoms with E-state index in [0.717, 1.165) is 26.2 Å². The first kappa shape index (κ1) is 10.1. The molecule has 0 bridgehead atoms. The van der Waals surface area contributed by atoms with Crippen LogP contribution in [-0.4, -0.2) is 48.9 Å². The zero-order valence-corrected chi connectivity index (χ0v) is 9.24. The number of nitrogens with zero attached hydrogens (tertiary/aromatic N) is 1. The molecule has 0 aromatic heterocycles. The van der Waals surface area contributed by atoms with E-state index in [4.69, 9.17) is 0 Å². The van der Waals surface area contributed by atoms with Gasteiger partial charge in [0.1, 0.15) is 6.04 Å². The van der Waals surface area contributed by atoms with Gasteiger partial charge in [-0.05, 0) is 18.3 Å². The van der Waals surface area contributed by atoms with Crippen molar-refractivity contribution in [3.05, 3.63) is 0 Å². The van der Waals surface area contributed by atoms with Gasteiger partial charge in [-0.2, -0.15) is 0 Å². The molecule has 3 heterocycles. The van der Waals surface area contributed by atoms with Crippen molar-refractivity contribution in [1.29, 1.82) is 0 Å². The Balaban J connectivity index is 1.62. The van der Waals surface area contributed by atoms with E-state index in [1.807, 2.05) is 4.90 Å². The summed E-state index contributed by atoms with van der Waals surface area (Å²) in [7, 11) is 0. The summed E-state index contributed by atoms with van der Waals surface area (Å²) in [5.74, 6) is 1.39. The number of rotatable bonds is 1. The minimum absolute atomic E-state index is 0.0133. The standard InChI is InChI=1S/C11H17N3O2/c15-10-2-1-9(13-10)11(16)14-5-7-3-12-4-8(7)6-14/h7-9,12H,1-6H2,(H,13,15)/t7-,8+,9-/m0/s1. The van der Waals surface area contributed by atoms with Crippen LogP contribution in [0.5, 0.6) is 0 Å². The number of carbonyl (C=O) groups is 2. The summed E-state index contributed by atoms with van der Waals surface area (Å²) >= 11 is 0. The molecule has 3 fully saturated rings. The molecule has 16 heavy (non-hydrogen) atoms. The van der Waals surface area contributed by atoms with E-state index in [2.05, 4.69) is 10.6 Å². The van der Waals surface area contributed by atoms with E-state index in [1.165, 1.54) is 0 Å². The van der Waals surface area contributed by atoms with E-state index in [0.29, 0.717) is 24.7 Å². The summed E-state index contributed by atoms with van der Waals surface area (Å²) in [6.45, 7) is 3.79. The van der Waals surface area contributed by atoms with Gasteiger partial charge in [0.15, 0.2) is 0 Å². The molecule has 5 nitrogen and oxygen atoms in total. The van der Waals surface area contributed by atoms with Crippen LogP contribution >= 0.6 is 0 Å². The largest absolute Gasteiger partial charge is 0.344 e. The first-order valence-electron chi connectivity index (χ1n) is 6.03. The molecule has 5 heteroatoms. The molecular formula is C11H17N3O2. The number of hydrogen-bond acceptors (Lipinski definition) is 3. The highest BCUT2D eigenvalue weighted by Crippen LogP contribution is 2.27. The maximum absolute atomic E-state index is 12.1. The zero-order valence-electron chi connectivity index (χ0n) is 9.24. The Morgan fingerprint density at radius 3 is 2.50 bits per heavy atom. The van der Waals surface area contributed by atoms with Crippen LogP contribution in [-0.2, 0) is 9.59 Å². The fourth-order valence-electron chi connectivity index (χ4n) is 3.06. The molecule has 0 saturated carbocycles. The van der Waals surface area contributed by atoms with Crippen LogP contribution in [0.15, 0.2) is 0 Å². The van der Waals surface area contributed by atoms with Crippen LogP contribution in [0.4, 0.5) is 0 Å². The van der Waals surface area contributed by atoms with E-state index in [9.17, 15) is 9.59 Å². The van der Waals surface area contributed by atoms with Crippen LogP contribution in [0, 0.1) is 11.8 Å². The minimum atomic E-state index is -0.251. The molecule has 2 amide bonds. The van der Waals surface area contributed by atoms with Gasteiger partial charge in [-0.25, -0.2) is 0 Å². The third-order valence-corrected chi connectivity index (χ3v) is 3.99. The van der Waals surface area contributed by atoms with Gasteiger partial charge in [-0.15, -0.1) is 0 Å². The SMILES string of the molecule is O=C1CC[C@@H](C(=O)N2C[C@H]3CNC[C@H]3C2)N1. The molecule has 0 aromatic rings. The number of nitrogens with one attached hydrogen (secondary N) is 2. The molecule has 3 aliphatic heterocycles. The van der Waals surface area contributed by atoms with E-state index in [1.54, 1.807) is 0 Å². The van der Waals surface area contributed by atoms with Gasteiger partial charge in [0.2, 0.25) is 11.8 Å². The highest BCUT2D eigenvalue weighted by atomic mass is 16.2. The number of likely N-dealkylation sites (tertiary alicyclic amines) is 1. The molecule has 0 spiro atoms. The molecular weight excluding hydrogens is 206 g/mol. The molecule has 3 aliphatic rings. The van der Waals surface area contributed by atoms with Crippen LogP contribution in [0.3, 0.4) is 0 Å². The number of amides is 2. The van der Waals surface area contributed by atoms with E-state index in [-0.39, 0.29) is 17.9 Å². The van der Waals surface area contributed by atoms with Crippen molar-refractivity contribution in [1.82, 2.24) is 15.5 Å². The van der Waals surface area contributed by atoms with Gasteiger partial charge in [-0.1, -0.05) is 0 Å². The molecule has 3 atom stereocenters. The minimum Gasteiger partial charge on any atom is -0.344 e. The second kappa shape index (κ2) is 3.73. The van der Waals surface area contributed by atoms with Crippen molar-refractivity contribution in [2.45, 2.75) is 18.9 Å². The number of fused-ring (bicyclic) bond motifs is 1. The first-order valence-corrected chi connectivity index (χ1v) is 6.03. The molecule has 3 saturated heterocycles. The topological polar surface area (TPSA) is 61.4 Å². The molecule has 3 rings (SSSR count). The molecule has 0 aliphatic carbocycles. The molecule has 2 N–H and O–H groups in total. The zero-order chi connectivity index (χ0) is 11.1. The Kier molecular flexibility index (Phi) is 2.35. The number of hydrogen-bond donors (Lipinski definition) is 2. The van der Waals surface area contributed by atoms with Crippen molar-refractivity contribution in [2.24, 2.45) is 11.8 Å². The van der Waals surface area contributed by atoms with Gasteiger partial charge in [0, 0.05) is 32.6 Å². The smallest absolute Gasteiger partial charge is 0.245 e. The van der Waals surface area contributed by atoms with Gasteiger partial charge in [0.05, 0.1) is 0 Å². The van der Waals surface area contributed by atoms with Gasteiger partial charge in [0.25, 0.3) is 0 Å². The van der Waals surface area contributed by atoms with Gasteiger partial charge in [-0.3, -0.25) is 9.59 Å². The van der Waals surface area contributed by atoms with Crippen LogP contribution < -0.4 is 10.6 Å². The summed E-state index contributed by atoms with van der Waals surface area (Å²) in [4.78, 5) is 25.1. The fourth-order valence-corrected chi connectivity index (χ4v) is 3.06. The van der Waals surface area contributed by atoms with Crippen LogP contribution in [0.2, 0.25) is 0 Å². The third kappa shape index (κ3) is 1.59. The first-order chi connectivity index (χ1) is 7.74. The van der Waals surface area contributed by atoms with Crippen molar-refractivity contribution in [2.75, 3.05) is 26.2 Å². The highest BCUT2D eigenvalue weighted by molar-refractivity contribution is 5.90. The second-order valence-corrected chi connectivity index (χ2v) is 5.08. The Morgan fingerprint density at radius 2 is 1.94 bits per heavy atom. The maximum atomic E-state index is 12.1. The summed E-state index contributed by atoms with van der Waals surface area (Å²) < 4.78 is 0. The van der Waals surface area contributed by atoms with Gasteiger partial charge >= 0.3 is 0 Å². The predicted molar refractivity (Wildman–Crippen MR) is 57.6 cm³/mol. The average molecular weight is 223 g/mol. The Bertz CT molecular complexity index is 319. The molecule has 0 unspecified atom stereocenters. The quantitative estimate of drug-likeness (QED) is 0.596. The number of carbonyl (C=O) groups excluding carboxylic acids is 2. The normalized spacial score (nSPS) is 37.6. The van der Waals surface area contributed by atoms with Crippen LogP contribution in [0.1, 0.15) is 12.8 Å². The van der Waals surface area contributed by atoms with Crippen molar-refractivity contribution >= 4 is 11.8 Å². The Labute approximate surface area is 94.6 Å². The maximum Gasteiger partial charge on any atom is 0.245 e. The molecule has 0 aromatic carbocycles. The Morgan fingerprint density at radius 1 is 1.25 bits per heavy atom. The van der Waals surface area contributed by atoms with E-state index >= 15 is 0 Å². The third-order valence-electron chi connectivity index (χ3n) is 3.99. The lowest BCUT2D eigenvalue weighted by atomic mass is 10.0. The molecule has 0 radical (unpaired) electrons. The summed E-state index contributed by atoms with van der Waals surface area (Å²) in [5.41, 5.74) is 0. The monoisotopic (exact) mass is 223 g/mol. The second-order valence-electron chi connectivity index (χ2n) is 5.08. The lowest BCUT2D eigenvalue weighted by molar-refractivity contribution is -0.133. The van der Waals surface area contributed by atoms with Crippen molar-refractivity contribution < 1.29 is 9.59 Å². The average Bonchev–Trinajstić information content (AvgIpc) is 2.89. The van der Waals surface area contributed by atoms with Crippen LogP contribution in [0.25, 0.3) is 0 Å². The van der Waals surface area contributed by atoms with Gasteiger partial charge < -0.3 is 15.5 Å². The lowest BCUT2D eigenvalue weighted by Gasteiger charge is -2.21. The molecule has 88 valence electrons. The van der Waals surface area contributed by atoms with Crippen molar-refractivity contribution in [3.63, 3.8) is 0 Å². The predicted octanol–water partition coefficient (Wildman–Crippen LogP) is -1.06. The lowest BCUT2D eigenvalue weighted by Crippen LogP contribution is -2.44. The summed E-state index contributed by atoms with van der Waals surface area (Å²) in [5, 5.41) is 6.10. The van der Waals surface area contributed by atoms with E-state index < -0.39 is 0 Å². The fraction of sp³-hybridized carbons (Fsp3) is 0.818.